The van der Waals surface area contributed by atoms with Crippen LogP contribution >= 0.6 is 33.2 Å². The summed E-state index contributed by atoms with van der Waals surface area (Å²) in [6.45, 7) is 11.2. The van der Waals surface area contributed by atoms with E-state index < -0.39 is 0 Å². The molecule has 0 aliphatic heterocycles. The molecule has 0 N–H and O–H groups in total. The van der Waals surface area contributed by atoms with Gasteiger partial charge in [0.2, 0.25) is 0 Å². The minimum Gasteiger partial charge on any atom is -0.125 e. The molecule has 0 aliphatic carbocycles. The number of rotatable bonds is 5. The minimum atomic E-state index is 0.336. The van der Waals surface area contributed by atoms with Crippen molar-refractivity contribution in [3.05, 3.63) is 0 Å². The summed E-state index contributed by atoms with van der Waals surface area (Å²) in [5.74, 6) is 1.49. The van der Waals surface area contributed by atoms with Gasteiger partial charge >= 0.3 is 0 Å². The highest BCUT2D eigenvalue weighted by Gasteiger charge is 2.19. The Hall–Kier alpha value is 0.990. The fourth-order valence-electron chi connectivity index (χ4n) is 0.742. The van der Waals surface area contributed by atoms with Crippen molar-refractivity contribution in [2.45, 2.75) is 51.0 Å². The van der Waals surface area contributed by atoms with E-state index in [0.717, 1.165) is 11.8 Å². The average molecular weight is 241 g/mol. The highest BCUT2D eigenvalue weighted by molar-refractivity contribution is 8.77. The molecule has 0 bridgehead atoms. The summed E-state index contributed by atoms with van der Waals surface area (Å²) in [6, 6.07) is 0. The van der Waals surface area contributed by atoms with Crippen LogP contribution in [-0.4, -0.2) is 15.9 Å². The van der Waals surface area contributed by atoms with Crippen molar-refractivity contribution in [3.63, 3.8) is 0 Å². The number of hydrogen-bond acceptors (Lipinski definition) is 2. The van der Waals surface area contributed by atoms with E-state index in [2.05, 4.69) is 34.6 Å². The Labute approximate surface area is 96.0 Å². The summed E-state index contributed by atoms with van der Waals surface area (Å²) in [5.41, 5.74) is 0. The smallest absolute Gasteiger partial charge is 0.0353 e. The Bertz CT molecular complexity index is 131. The fourth-order valence-corrected chi connectivity index (χ4v) is 4.31. The molecule has 0 amide bonds. The topological polar surface area (TPSA) is 0 Å². The lowest BCUT2D eigenvalue weighted by Gasteiger charge is -2.24. The van der Waals surface area contributed by atoms with Gasteiger partial charge in [-0.1, -0.05) is 62.6 Å². The molecule has 0 rings (SSSR count). The van der Waals surface area contributed by atoms with Crippen LogP contribution in [0.5, 0.6) is 0 Å². The van der Waals surface area contributed by atoms with Gasteiger partial charge in [0.05, 0.1) is 0 Å². The fraction of sp³-hybridized carbons (Fsp3) is 1.00. The summed E-state index contributed by atoms with van der Waals surface area (Å²) in [6.07, 6.45) is 1.22. The number of halogens is 1. The molecule has 2 atom stereocenters. The quantitative estimate of drug-likeness (QED) is 0.499. The van der Waals surface area contributed by atoms with Crippen LogP contribution in [0.15, 0.2) is 0 Å². The van der Waals surface area contributed by atoms with Crippen molar-refractivity contribution >= 4 is 33.2 Å². The van der Waals surface area contributed by atoms with E-state index in [-0.39, 0.29) is 0 Å². The van der Waals surface area contributed by atoms with Gasteiger partial charge in [0.15, 0.2) is 0 Å². The van der Waals surface area contributed by atoms with Gasteiger partial charge in [0.1, 0.15) is 0 Å². The van der Waals surface area contributed by atoms with Gasteiger partial charge in [0, 0.05) is 15.9 Å². The minimum absolute atomic E-state index is 0.336. The second-order valence-electron chi connectivity index (χ2n) is 4.37. The Morgan fingerprint density at radius 2 is 1.85 bits per heavy atom. The Balaban J connectivity index is 3.85. The molecule has 0 aromatic rings. The largest absolute Gasteiger partial charge is 0.125 e. The third-order valence-corrected chi connectivity index (χ3v) is 6.37. The van der Waals surface area contributed by atoms with Gasteiger partial charge in [-0.25, -0.2) is 0 Å². The summed E-state index contributed by atoms with van der Waals surface area (Å²) >= 11 is 5.94. The van der Waals surface area contributed by atoms with Gasteiger partial charge in [0.25, 0.3) is 0 Å². The first kappa shape index (κ1) is 14.0. The maximum Gasteiger partial charge on any atom is 0.0353 e. The molecule has 0 aromatic heterocycles. The van der Waals surface area contributed by atoms with E-state index in [0.29, 0.717) is 10.00 Å². The second-order valence-corrected chi connectivity index (χ2v) is 7.95. The van der Waals surface area contributed by atoms with Gasteiger partial charge in [-0.2, -0.15) is 0 Å². The highest BCUT2D eigenvalue weighted by Crippen LogP contribution is 2.41. The maximum absolute atomic E-state index is 5.94. The molecule has 0 fully saturated rings. The molecule has 80 valence electrons. The number of hydrogen-bond donors (Lipinski definition) is 0. The molecule has 0 spiro atoms. The predicted octanol–water partition coefficient (Wildman–Crippen LogP) is 4.82. The second kappa shape index (κ2) is 6.47. The van der Waals surface area contributed by atoms with Crippen molar-refractivity contribution in [2.24, 2.45) is 5.92 Å². The van der Waals surface area contributed by atoms with E-state index in [4.69, 9.17) is 11.6 Å². The standard InChI is InChI=1S/C10H21ClS2/c1-6-8(2)9(7-11)12-13-10(3,4)5/h8-9H,6-7H2,1-5H3/t8?,9-/m1/s1. The van der Waals surface area contributed by atoms with E-state index in [9.17, 15) is 0 Å². The molecule has 1 unspecified atom stereocenters. The molecule has 0 nitrogen and oxygen atoms in total. The molecule has 13 heavy (non-hydrogen) atoms. The van der Waals surface area contributed by atoms with Gasteiger partial charge < -0.3 is 0 Å². The number of alkyl halides is 1. The van der Waals surface area contributed by atoms with Crippen LogP contribution in [0.1, 0.15) is 41.0 Å². The molecule has 0 saturated heterocycles. The first-order valence-corrected chi connectivity index (χ1v) is 7.56. The van der Waals surface area contributed by atoms with Crippen LogP contribution in [0.3, 0.4) is 0 Å². The maximum atomic E-state index is 5.94. The van der Waals surface area contributed by atoms with Crippen molar-refractivity contribution in [2.75, 3.05) is 5.88 Å². The van der Waals surface area contributed by atoms with Crippen molar-refractivity contribution < 1.29 is 0 Å². The lowest BCUT2D eigenvalue weighted by molar-refractivity contribution is 0.562. The van der Waals surface area contributed by atoms with E-state index in [1.54, 1.807) is 0 Å². The van der Waals surface area contributed by atoms with E-state index in [1.807, 2.05) is 21.6 Å². The molecule has 0 aromatic carbocycles. The summed E-state index contributed by atoms with van der Waals surface area (Å²) in [5, 5.41) is 0.593. The van der Waals surface area contributed by atoms with Crippen LogP contribution in [0.4, 0.5) is 0 Å². The molecule has 0 saturated carbocycles. The van der Waals surface area contributed by atoms with Crippen LogP contribution in [0.25, 0.3) is 0 Å². The zero-order chi connectivity index (χ0) is 10.5. The first-order chi connectivity index (χ1) is 5.90. The van der Waals surface area contributed by atoms with Crippen molar-refractivity contribution in [1.82, 2.24) is 0 Å². The normalized spacial score (nSPS) is 17.1. The van der Waals surface area contributed by atoms with Gasteiger partial charge in [-0.05, 0) is 5.92 Å². The van der Waals surface area contributed by atoms with Crippen LogP contribution in [-0.2, 0) is 0 Å². The third-order valence-electron chi connectivity index (χ3n) is 1.85. The van der Waals surface area contributed by atoms with Gasteiger partial charge in [-0.3, -0.25) is 0 Å². The molecule has 0 heterocycles. The zero-order valence-electron chi connectivity index (χ0n) is 9.26. The molecule has 0 aliphatic rings. The molecular formula is C10H21ClS2. The van der Waals surface area contributed by atoms with Gasteiger partial charge in [-0.15, -0.1) is 11.6 Å². The lowest BCUT2D eigenvalue weighted by Crippen LogP contribution is -2.16. The van der Waals surface area contributed by atoms with Crippen LogP contribution in [0.2, 0.25) is 0 Å². The lowest BCUT2D eigenvalue weighted by atomic mass is 10.1. The summed E-state index contributed by atoms with van der Waals surface area (Å²) in [4.78, 5) is 0. The average Bonchev–Trinajstić information content (AvgIpc) is 2.03. The van der Waals surface area contributed by atoms with Crippen LogP contribution in [0, 0.1) is 5.92 Å². The highest BCUT2D eigenvalue weighted by atomic mass is 35.5. The van der Waals surface area contributed by atoms with E-state index >= 15 is 0 Å². The zero-order valence-corrected chi connectivity index (χ0v) is 11.7. The van der Waals surface area contributed by atoms with E-state index in [1.165, 1.54) is 6.42 Å². The predicted molar refractivity (Wildman–Crippen MR) is 68.9 cm³/mol. The monoisotopic (exact) mass is 240 g/mol. The Morgan fingerprint density at radius 1 is 1.31 bits per heavy atom. The Kier molecular flexibility index (Phi) is 6.96. The molecule has 3 heteroatoms. The first-order valence-electron chi connectivity index (χ1n) is 4.81. The summed E-state index contributed by atoms with van der Waals surface area (Å²) < 4.78 is 0.336. The van der Waals surface area contributed by atoms with Crippen molar-refractivity contribution in [3.8, 4) is 0 Å². The van der Waals surface area contributed by atoms with Crippen LogP contribution < -0.4 is 0 Å². The molecule has 0 radical (unpaired) electrons. The Morgan fingerprint density at radius 3 is 2.15 bits per heavy atom. The summed E-state index contributed by atoms with van der Waals surface area (Å²) in [7, 11) is 3.89. The SMILES string of the molecule is CCC(C)[C@@H](CCl)SSC(C)(C)C. The third kappa shape index (κ3) is 6.98. The van der Waals surface area contributed by atoms with Crippen molar-refractivity contribution in [1.29, 1.82) is 0 Å². The molecular weight excluding hydrogens is 220 g/mol.